The molecule has 2 atom stereocenters. The fraction of sp³-hybridized carbons (Fsp3) is 0.604. The Balaban J connectivity index is 4.41. The summed E-state index contributed by atoms with van der Waals surface area (Å²) < 4.78 is 17.2. The first-order chi connectivity index (χ1) is 29.6. The number of carbonyl (C=O) groups excluding carboxylic acids is 2. The molecule has 0 bridgehead atoms. The van der Waals surface area contributed by atoms with Crippen molar-refractivity contribution in [1.29, 1.82) is 0 Å². The number of hydrogen-bond donors (Lipinski definition) is 1. The van der Waals surface area contributed by atoms with E-state index in [4.69, 9.17) is 14.2 Å². The zero-order valence-corrected chi connectivity index (χ0v) is 39.1. The van der Waals surface area contributed by atoms with Crippen LogP contribution in [0.4, 0.5) is 0 Å². The lowest BCUT2D eigenvalue weighted by molar-refractivity contribution is -0.887. The van der Waals surface area contributed by atoms with E-state index in [9.17, 15) is 19.5 Å². The van der Waals surface area contributed by atoms with Crippen LogP contribution >= 0.6 is 0 Å². The van der Waals surface area contributed by atoms with Crippen LogP contribution in [0, 0.1) is 0 Å². The van der Waals surface area contributed by atoms with Crippen LogP contribution in [-0.2, 0) is 28.6 Å². The van der Waals surface area contributed by atoms with E-state index in [0.29, 0.717) is 12.8 Å². The number of ether oxygens (including phenoxy) is 3. The maximum atomic E-state index is 12.8. The number of carboxylic acid groups (broad SMARTS) is 1. The van der Waals surface area contributed by atoms with E-state index in [1.807, 2.05) is 21.1 Å². The number of esters is 2. The van der Waals surface area contributed by atoms with Gasteiger partial charge in [0.15, 0.2) is 12.1 Å². The molecule has 8 heteroatoms. The summed E-state index contributed by atoms with van der Waals surface area (Å²) >= 11 is 0. The number of carboxylic acids is 1. The van der Waals surface area contributed by atoms with Crippen LogP contribution in [0.3, 0.4) is 0 Å². The summed E-state index contributed by atoms with van der Waals surface area (Å²) in [7, 11) is 5.50. The predicted molar refractivity (Wildman–Crippen MR) is 256 cm³/mol. The Bertz CT molecular complexity index is 1360. The summed E-state index contributed by atoms with van der Waals surface area (Å²) in [4.78, 5) is 37.0. The monoisotopic (exact) mass is 849 g/mol. The second-order valence-corrected chi connectivity index (χ2v) is 16.2. The topological polar surface area (TPSA) is 99.1 Å². The Hall–Kier alpha value is -4.01. The maximum absolute atomic E-state index is 12.8. The Kier molecular flexibility index (Phi) is 39.9. The van der Waals surface area contributed by atoms with Crippen LogP contribution in [-0.4, -0.2) is 80.6 Å². The molecule has 344 valence electrons. The summed E-state index contributed by atoms with van der Waals surface area (Å²) in [5, 5.41) is 9.63. The number of aliphatic carboxylic acids is 1. The van der Waals surface area contributed by atoms with Crippen molar-refractivity contribution < 1.29 is 38.2 Å². The van der Waals surface area contributed by atoms with Gasteiger partial charge in [0.05, 0.1) is 34.4 Å². The number of allylic oxidation sites excluding steroid dienone is 18. The third-order valence-corrected chi connectivity index (χ3v) is 9.67. The standard InChI is InChI=1S/C53H85NO7/c1-6-8-10-12-14-16-18-20-22-23-24-25-26-27-28-29-30-32-34-36-38-40-42-44-52(56)61-49(47-59-46-45-50(53(57)58)54(3,4)5)48-60-51(55)43-41-39-37-35-33-31-21-19-17-15-13-11-9-7-2/h8-11,14-17,20-22,24-25,27-28,30-32,49-50H,6-7,12-13,18-19,23,26,29,33-48H2,1-5H3/p+1/b10-8+,11-9+,16-14+,17-15+,22-20+,25-24+,28-27+,31-21+,32-30+. The lowest BCUT2D eigenvalue weighted by Crippen LogP contribution is -2.50. The van der Waals surface area contributed by atoms with Crippen molar-refractivity contribution in [2.75, 3.05) is 41.0 Å². The minimum atomic E-state index is -0.888. The molecule has 0 spiro atoms. The molecule has 0 aliphatic carbocycles. The molecule has 0 heterocycles. The Morgan fingerprint density at radius 1 is 0.492 bits per heavy atom. The fourth-order valence-corrected chi connectivity index (χ4v) is 6.11. The first-order valence-electron chi connectivity index (χ1n) is 23.4. The van der Waals surface area contributed by atoms with Gasteiger partial charge in [0.25, 0.3) is 0 Å². The van der Waals surface area contributed by atoms with Crippen molar-refractivity contribution in [3.8, 4) is 0 Å². The predicted octanol–water partition coefficient (Wildman–Crippen LogP) is 13.2. The average Bonchev–Trinajstić information content (AvgIpc) is 3.22. The number of unbranched alkanes of at least 4 members (excludes halogenated alkanes) is 8. The number of likely N-dealkylation sites (N-methyl/N-ethyl adjacent to an activating group) is 1. The van der Waals surface area contributed by atoms with Gasteiger partial charge in [0.1, 0.15) is 6.61 Å². The molecule has 0 aromatic carbocycles. The SMILES string of the molecule is CC/C=C/C/C=C/C/C=C/C/C=C/C/C=C/C/C=C/CCCCCCC(=O)OC(COCCC(C(=O)O)[N+](C)(C)C)COC(=O)CCCCCC/C=C/C/C=C/C/C=C/CC. The highest BCUT2D eigenvalue weighted by Gasteiger charge is 2.31. The zero-order chi connectivity index (χ0) is 44.9. The summed E-state index contributed by atoms with van der Waals surface area (Å²) in [6.45, 7) is 4.43. The first-order valence-corrected chi connectivity index (χ1v) is 23.4. The summed E-state index contributed by atoms with van der Waals surface area (Å²) in [6.07, 6.45) is 58.5. The van der Waals surface area contributed by atoms with Crippen molar-refractivity contribution in [3.63, 3.8) is 0 Å². The van der Waals surface area contributed by atoms with Crippen molar-refractivity contribution >= 4 is 17.9 Å². The largest absolute Gasteiger partial charge is 0.477 e. The molecule has 61 heavy (non-hydrogen) atoms. The van der Waals surface area contributed by atoms with Crippen LogP contribution in [0.25, 0.3) is 0 Å². The molecule has 0 rings (SSSR count). The van der Waals surface area contributed by atoms with Gasteiger partial charge in [-0.25, -0.2) is 4.79 Å². The van der Waals surface area contributed by atoms with E-state index < -0.39 is 18.1 Å². The highest BCUT2D eigenvalue weighted by atomic mass is 16.6. The van der Waals surface area contributed by atoms with E-state index in [2.05, 4.69) is 123 Å². The Morgan fingerprint density at radius 3 is 1.26 bits per heavy atom. The van der Waals surface area contributed by atoms with Gasteiger partial charge in [0, 0.05) is 19.3 Å². The van der Waals surface area contributed by atoms with Gasteiger partial charge in [-0.1, -0.05) is 149 Å². The van der Waals surface area contributed by atoms with Crippen molar-refractivity contribution in [2.45, 2.75) is 167 Å². The maximum Gasteiger partial charge on any atom is 0.362 e. The number of quaternary nitrogens is 1. The number of nitrogens with zero attached hydrogens (tertiary/aromatic N) is 1. The zero-order valence-electron chi connectivity index (χ0n) is 39.1. The Morgan fingerprint density at radius 2 is 0.869 bits per heavy atom. The Labute approximate surface area is 372 Å². The number of hydrogen-bond acceptors (Lipinski definition) is 6. The third kappa shape index (κ3) is 41.1. The molecule has 2 unspecified atom stereocenters. The molecule has 1 N–H and O–H groups in total. The first kappa shape index (κ1) is 57.0. The molecule has 0 amide bonds. The molecule has 0 fully saturated rings. The van der Waals surface area contributed by atoms with Crippen LogP contribution < -0.4 is 0 Å². The fourth-order valence-electron chi connectivity index (χ4n) is 6.11. The summed E-state index contributed by atoms with van der Waals surface area (Å²) in [5.41, 5.74) is 0. The van der Waals surface area contributed by atoms with E-state index in [-0.39, 0.29) is 42.7 Å². The smallest absolute Gasteiger partial charge is 0.362 e. The quantitative estimate of drug-likeness (QED) is 0.0284. The molecule has 0 aromatic rings. The van der Waals surface area contributed by atoms with Gasteiger partial charge in [-0.15, -0.1) is 0 Å². The van der Waals surface area contributed by atoms with Gasteiger partial charge in [0.2, 0.25) is 0 Å². The highest BCUT2D eigenvalue weighted by Crippen LogP contribution is 2.12. The highest BCUT2D eigenvalue weighted by molar-refractivity contribution is 5.72. The third-order valence-electron chi connectivity index (χ3n) is 9.67. The molecule has 0 saturated carbocycles. The van der Waals surface area contributed by atoms with E-state index >= 15 is 0 Å². The number of rotatable bonds is 40. The lowest BCUT2D eigenvalue weighted by Gasteiger charge is -2.31. The molecule has 0 aromatic heterocycles. The second-order valence-electron chi connectivity index (χ2n) is 16.2. The van der Waals surface area contributed by atoms with Crippen LogP contribution in [0.1, 0.15) is 155 Å². The number of carbonyl (C=O) groups is 3. The van der Waals surface area contributed by atoms with Crippen molar-refractivity contribution in [1.82, 2.24) is 0 Å². The molecule has 0 saturated heterocycles. The van der Waals surface area contributed by atoms with Gasteiger partial charge in [-0.3, -0.25) is 9.59 Å². The molecule has 0 aliphatic heterocycles. The van der Waals surface area contributed by atoms with Crippen LogP contribution in [0.2, 0.25) is 0 Å². The average molecular weight is 849 g/mol. The molecule has 0 aliphatic rings. The van der Waals surface area contributed by atoms with E-state index in [0.717, 1.165) is 122 Å². The summed E-state index contributed by atoms with van der Waals surface area (Å²) in [5.74, 6) is -1.55. The summed E-state index contributed by atoms with van der Waals surface area (Å²) in [6, 6.07) is -0.630. The van der Waals surface area contributed by atoms with Crippen LogP contribution in [0.15, 0.2) is 109 Å². The van der Waals surface area contributed by atoms with Gasteiger partial charge in [-0.2, -0.15) is 0 Å². The van der Waals surface area contributed by atoms with E-state index in [1.54, 1.807) is 0 Å². The molecular weight excluding hydrogens is 763 g/mol. The van der Waals surface area contributed by atoms with Crippen LogP contribution in [0.5, 0.6) is 0 Å². The molecular formula is C53H86NO7+. The minimum Gasteiger partial charge on any atom is -0.477 e. The molecule has 0 radical (unpaired) electrons. The van der Waals surface area contributed by atoms with Gasteiger partial charge < -0.3 is 23.8 Å². The normalized spacial score (nSPS) is 13.9. The lowest BCUT2D eigenvalue weighted by atomic mass is 10.1. The van der Waals surface area contributed by atoms with Gasteiger partial charge >= 0.3 is 17.9 Å². The van der Waals surface area contributed by atoms with Gasteiger partial charge in [-0.05, 0) is 96.3 Å². The minimum absolute atomic E-state index is 0.0354. The van der Waals surface area contributed by atoms with Crippen molar-refractivity contribution in [2.24, 2.45) is 0 Å². The second kappa shape index (κ2) is 42.7. The molecule has 8 nitrogen and oxygen atoms in total. The van der Waals surface area contributed by atoms with Crippen molar-refractivity contribution in [3.05, 3.63) is 109 Å². The van der Waals surface area contributed by atoms with E-state index in [1.165, 1.54) is 0 Å².